The molecule has 3 unspecified atom stereocenters. The van der Waals surface area contributed by atoms with E-state index in [2.05, 4.69) is 31.3 Å². The van der Waals surface area contributed by atoms with Crippen molar-refractivity contribution in [2.75, 3.05) is 0 Å². The van der Waals surface area contributed by atoms with E-state index in [4.69, 9.17) is 4.74 Å². The molecule has 0 saturated heterocycles. The molecule has 20 heavy (non-hydrogen) atoms. The Morgan fingerprint density at radius 2 is 1.90 bits per heavy atom. The van der Waals surface area contributed by atoms with Gasteiger partial charge in [-0.2, -0.15) is 0 Å². The van der Waals surface area contributed by atoms with Crippen molar-refractivity contribution in [3.8, 4) is 0 Å². The van der Waals surface area contributed by atoms with E-state index in [1.807, 2.05) is 11.3 Å². The predicted octanol–water partition coefficient (Wildman–Crippen LogP) is 4.34. The molecule has 2 aliphatic rings. The highest BCUT2D eigenvalue weighted by molar-refractivity contribution is 7.11. The first-order chi connectivity index (χ1) is 9.70. The molecule has 1 aromatic rings. The molecule has 2 saturated carbocycles. The van der Waals surface area contributed by atoms with Crippen molar-refractivity contribution >= 4 is 11.3 Å². The van der Waals surface area contributed by atoms with Gasteiger partial charge in [0, 0.05) is 22.3 Å². The van der Waals surface area contributed by atoms with Crippen LogP contribution in [0, 0.1) is 11.8 Å². The average molecular weight is 293 g/mol. The third-order valence-electron chi connectivity index (χ3n) is 4.87. The second-order valence-corrected chi connectivity index (χ2v) is 7.98. The predicted molar refractivity (Wildman–Crippen MR) is 84.9 cm³/mol. The second-order valence-electron chi connectivity index (χ2n) is 6.72. The van der Waals surface area contributed by atoms with Crippen LogP contribution in [-0.4, -0.2) is 12.1 Å². The Morgan fingerprint density at radius 3 is 2.65 bits per heavy atom. The van der Waals surface area contributed by atoms with Crippen molar-refractivity contribution in [1.82, 2.24) is 5.32 Å². The Hall–Kier alpha value is -0.380. The largest absolute Gasteiger partial charge is 0.373 e. The van der Waals surface area contributed by atoms with Gasteiger partial charge in [-0.3, -0.25) is 0 Å². The zero-order valence-corrected chi connectivity index (χ0v) is 13.5. The lowest BCUT2D eigenvalue weighted by atomic mass is 9.80. The molecule has 1 heterocycles. The molecule has 0 aliphatic heterocycles. The van der Waals surface area contributed by atoms with Gasteiger partial charge in [-0.1, -0.05) is 13.8 Å². The van der Waals surface area contributed by atoms with E-state index in [-0.39, 0.29) is 0 Å². The summed E-state index contributed by atoms with van der Waals surface area (Å²) in [6.07, 6.45) is 7.01. The fraction of sp³-hybridized carbons (Fsp3) is 0.765. The molecule has 1 aromatic heterocycles. The highest BCUT2D eigenvalue weighted by Gasteiger charge is 2.25. The van der Waals surface area contributed by atoms with E-state index >= 15 is 0 Å². The molecule has 3 atom stereocenters. The molecule has 2 nitrogen and oxygen atoms in total. The summed E-state index contributed by atoms with van der Waals surface area (Å²) >= 11 is 1.91. The molecule has 0 amide bonds. The van der Waals surface area contributed by atoms with E-state index in [0.717, 1.165) is 31.0 Å². The lowest BCUT2D eigenvalue weighted by Gasteiger charge is -2.31. The smallest absolute Gasteiger partial charge is 0.0813 e. The third-order valence-corrected chi connectivity index (χ3v) is 5.93. The Labute approximate surface area is 126 Å². The van der Waals surface area contributed by atoms with Crippen LogP contribution in [0.1, 0.15) is 55.7 Å². The van der Waals surface area contributed by atoms with Crippen LogP contribution in [0.2, 0.25) is 0 Å². The van der Waals surface area contributed by atoms with Crippen molar-refractivity contribution in [2.24, 2.45) is 11.8 Å². The number of hydrogen-bond donors (Lipinski definition) is 1. The van der Waals surface area contributed by atoms with Gasteiger partial charge in [-0.15, -0.1) is 11.3 Å². The van der Waals surface area contributed by atoms with Gasteiger partial charge in [0.25, 0.3) is 0 Å². The standard InChI is InChI=1S/C17H27NOS/c1-12-3-6-15(9-13(12)2)19-11-17-8-7-16(20-17)10-18-14-4-5-14/h7-8,12-15,18H,3-6,9-11H2,1-2H3. The lowest BCUT2D eigenvalue weighted by Crippen LogP contribution is -2.26. The van der Waals surface area contributed by atoms with Crippen LogP contribution in [0.4, 0.5) is 0 Å². The maximum absolute atomic E-state index is 6.13. The summed E-state index contributed by atoms with van der Waals surface area (Å²) in [5.41, 5.74) is 0. The third kappa shape index (κ3) is 4.06. The fourth-order valence-electron chi connectivity index (χ4n) is 2.98. The zero-order valence-electron chi connectivity index (χ0n) is 12.7. The van der Waals surface area contributed by atoms with Crippen LogP contribution in [0.15, 0.2) is 12.1 Å². The molecule has 0 radical (unpaired) electrons. The van der Waals surface area contributed by atoms with Gasteiger partial charge in [-0.25, -0.2) is 0 Å². The summed E-state index contributed by atoms with van der Waals surface area (Å²) in [4.78, 5) is 2.82. The first-order valence-electron chi connectivity index (χ1n) is 8.13. The van der Waals surface area contributed by atoms with Crippen LogP contribution in [0.3, 0.4) is 0 Å². The zero-order chi connectivity index (χ0) is 13.9. The fourth-order valence-corrected chi connectivity index (χ4v) is 3.87. The topological polar surface area (TPSA) is 21.3 Å². The summed E-state index contributed by atoms with van der Waals surface area (Å²) in [6.45, 7) is 6.58. The van der Waals surface area contributed by atoms with Gasteiger partial charge >= 0.3 is 0 Å². The summed E-state index contributed by atoms with van der Waals surface area (Å²) in [5.74, 6) is 1.69. The van der Waals surface area contributed by atoms with Crippen LogP contribution >= 0.6 is 11.3 Å². The quantitative estimate of drug-likeness (QED) is 0.842. The minimum absolute atomic E-state index is 0.483. The van der Waals surface area contributed by atoms with Gasteiger partial charge < -0.3 is 10.1 Å². The van der Waals surface area contributed by atoms with E-state index in [1.54, 1.807) is 0 Å². The van der Waals surface area contributed by atoms with Gasteiger partial charge in [0.15, 0.2) is 0 Å². The van der Waals surface area contributed by atoms with Crippen molar-refractivity contribution in [3.63, 3.8) is 0 Å². The van der Waals surface area contributed by atoms with Crippen LogP contribution < -0.4 is 5.32 Å². The first-order valence-corrected chi connectivity index (χ1v) is 8.95. The normalized spacial score (nSPS) is 30.6. The Kier molecular flexibility index (Phi) is 4.79. The van der Waals surface area contributed by atoms with Crippen LogP contribution in [0.25, 0.3) is 0 Å². The molecule has 2 aliphatic carbocycles. The van der Waals surface area contributed by atoms with Crippen LogP contribution in [0.5, 0.6) is 0 Å². The monoisotopic (exact) mass is 293 g/mol. The van der Waals surface area contributed by atoms with E-state index < -0.39 is 0 Å². The summed E-state index contributed by atoms with van der Waals surface area (Å²) < 4.78 is 6.13. The summed E-state index contributed by atoms with van der Waals surface area (Å²) in [7, 11) is 0. The molecule has 0 aromatic carbocycles. The van der Waals surface area contributed by atoms with Crippen molar-refractivity contribution in [3.05, 3.63) is 21.9 Å². The van der Waals surface area contributed by atoms with E-state index in [1.165, 1.54) is 41.9 Å². The Balaban J connectivity index is 1.41. The second kappa shape index (κ2) is 6.59. The minimum atomic E-state index is 0.483. The number of hydrogen-bond acceptors (Lipinski definition) is 3. The van der Waals surface area contributed by atoms with Crippen LogP contribution in [-0.2, 0) is 17.9 Å². The van der Waals surface area contributed by atoms with Crippen molar-refractivity contribution in [2.45, 2.75) is 71.2 Å². The number of thiophene rings is 1. The number of ether oxygens (including phenoxy) is 1. The molecular formula is C17H27NOS. The highest BCUT2D eigenvalue weighted by atomic mass is 32.1. The summed E-state index contributed by atoms with van der Waals surface area (Å²) in [5, 5.41) is 3.57. The molecule has 2 fully saturated rings. The minimum Gasteiger partial charge on any atom is -0.373 e. The molecule has 0 bridgehead atoms. The molecule has 112 valence electrons. The maximum Gasteiger partial charge on any atom is 0.0813 e. The molecule has 0 spiro atoms. The summed E-state index contributed by atoms with van der Waals surface area (Å²) in [6, 6.07) is 5.29. The van der Waals surface area contributed by atoms with Crippen molar-refractivity contribution in [1.29, 1.82) is 0 Å². The van der Waals surface area contributed by atoms with E-state index in [0.29, 0.717) is 6.10 Å². The Bertz CT molecular complexity index is 426. The highest BCUT2D eigenvalue weighted by Crippen LogP contribution is 2.31. The lowest BCUT2D eigenvalue weighted by molar-refractivity contribution is -0.00633. The van der Waals surface area contributed by atoms with Gasteiger partial charge in [0.1, 0.15) is 0 Å². The van der Waals surface area contributed by atoms with Crippen molar-refractivity contribution < 1.29 is 4.74 Å². The SMILES string of the molecule is CC1CCC(OCc2ccc(CNC3CC3)s2)CC1C. The van der Waals surface area contributed by atoms with E-state index in [9.17, 15) is 0 Å². The number of rotatable bonds is 6. The molecule has 1 N–H and O–H groups in total. The number of nitrogens with one attached hydrogen (secondary N) is 1. The van der Waals surface area contributed by atoms with Gasteiger partial charge in [0.05, 0.1) is 12.7 Å². The Morgan fingerprint density at radius 1 is 1.10 bits per heavy atom. The average Bonchev–Trinajstić information content (AvgIpc) is 3.16. The molecular weight excluding hydrogens is 266 g/mol. The van der Waals surface area contributed by atoms with Gasteiger partial charge in [-0.05, 0) is 56.1 Å². The first kappa shape index (κ1) is 14.6. The van der Waals surface area contributed by atoms with Gasteiger partial charge in [0.2, 0.25) is 0 Å². The molecule has 3 heteroatoms. The maximum atomic E-state index is 6.13. The molecule has 3 rings (SSSR count).